The first-order chi connectivity index (χ1) is 10.2. The Hall–Kier alpha value is -1.87. The average Bonchev–Trinajstić information content (AvgIpc) is 2.51. The van der Waals surface area contributed by atoms with Crippen LogP contribution in [-0.2, 0) is 6.42 Å². The van der Waals surface area contributed by atoms with Gasteiger partial charge in [-0.2, -0.15) is 0 Å². The number of aromatic nitrogens is 1. The van der Waals surface area contributed by atoms with E-state index in [4.69, 9.17) is 4.74 Å². The Morgan fingerprint density at radius 2 is 2.10 bits per heavy atom. The van der Waals surface area contributed by atoms with E-state index in [2.05, 4.69) is 54.5 Å². The highest BCUT2D eigenvalue weighted by Crippen LogP contribution is 2.25. The van der Waals surface area contributed by atoms with Crippen LogP contribution in [0.5, 0.6) is 5.88 Å². The second kappa shape index (κ2) is 7.79. The van der Waals surface area contributed by atoms with Crippen LogP contribution in [0.1, 0.15) is 36.1 Å². The summed E-state index contributed by atoms with van der Waals surface area (Å²) >= 11 is 0. The van der Waals surface area contributed by atoms with Crippen molar-refractivity contribution in [3.63, 3.8) is 0 Å². The molecule has 0 spiro atoms. The van der Waals surface area contributed by atoms with Crippen LogP contribution in [-0.4, -0.2) is 18.6 Å². The molecular weight excluding hydrogens is 260 g/mol. The summed E-state index contributed by atoms with van der Waals surface area (Å²) in [5.74, 6) is 0.707. The maximum absolute atomic E-state index is 5.42. The molecule has 2 aromatic rings. The summed E-state index contributed by atoms with van der Waals surface area (Å²) in [5.41, 5.74) is 3.74. The van der Waals surface area contributed by atoms with Gasteiger partial charge in [-0.05, 0) is 37.9 Å². The van der Waals surface area contributed by atoms with Gasteiger partial charge in [-0.25, -0.2) is 4.98 Å². The lowest BCUT2D eigenvalue weighted by molar-refractivity contribution is 0.381. The molecule has 0 aliphatic rings. The molecule has 0 fully saturated rings. The molecule has 1 aromatic carbocycles. The summed E-state index contributed by atoms with van der Waals surface area (Å²) in [6.45, 7) is 5.29. The number of pyridine rings is 1. The lowest BCUT2D eigenvalue weighted by Gasteiger charge is -2.21. The van der Waals surface area contributed by atoms with Crippen LogP contribution in [0.4, 0.5) is 0 Å². The fourth-order valence-electron chi connectivity index (χ4n) is 2.52. The summed E-state index contributed by atoms with van der Waals surface area (Å²) in [4.78, 5) is 4.32. The maximum atomic E-state index is 5.42. The van der Waals surface area contributed by atoms with E-state index in [1.165, 1.54) is 11.1 Å². The van der Waals surface area contributed by atoms with Gasteiger partial charge in [0.15, 0.2) is 0 Å². The molecule has 0 bridgehead atoms. The summed E-state index contributed by atoms with van der Waals surface area (Å²) < 4.78 is 5.42. The van der Waals surface area contributed by atoms with E-state index in [-0.39, 0.29) is 6.04 Å². The molecule has 1 N–H and O–H groups in total. The van der Waals surface area contributed by atoms with E-state index >= 15 is 0 Å². The molecule has 1 aromatic heterocycles. The third kappa shape index (κ3) is 4.30. The van der Waals surface area contributed by atoms with E-state index in [9.17, 15) is 0 Å². The topological polar surface area (TPSA) is 34.2 Å². The van der Waals surface area contributed by atoms with Gasteiger partial charge >= 0.3 is 0 Å². The largest absolute Gasteiger partial charge is 0.481 e. The molecule has 3 nitrogen and oxygen atoms in total. The summed E-state index contributed by atoms with van der Waals surface area (Å²) in [5, 5.41) is 3.61. The highest BCUT2D eigenvalue weighted by atomic mass is 16.5. The van der Waals surface area contributed by atoms with Gasteiger partial charge < -0.3 is 10.1 Å². The molecule has 1 heterocycles. The lowest BCUT2D eigenvalue weighted by Crippen LogP contribution is -2.24. The monoisotopic (exact) mass is 284 g/mol. The Kier molecular flexibility index (Phi) is 5.76. The molecule has 2 rings (SSSR count). The number of ether oxygens (including phenoxy) is 1. The lowest BCUT2D eigenvalue weighted by atomic mass is 9.98. The Labute approximate surface area is 127 Å². The summed E-state index contributed by atoms with van der Waals surface area (Å²) in [6, 6.07) is 12.9. The Balaban J connectivity index is 2.25. The number of rotatable bonds is 7. The van der Waals surface area contributed by atoms with Gasteiger partial charge in [-0.3, -0.25) is 0 Å². The smallest absolute Gasteiger partial charge is 0.217 e. The maximum Gasteiger partial charge on any atom is 0.217 e. The predicted octanol–water partition coefficient (Wildman–Crippen LogP) is 3.68. The van der Waals surface area contributed by atoms with Crippen molar-refractivity contribution in [1.82, 2.24) is 10.3 Å². The predicted molar refractivity (Wildman–Crippen MR) is 86.7 cm³/mol. The number of hydrogen-bond acceptors (Lipinski definition) is 3. The number of methoxy groups -OCH3 is 1. The van der Waals surface area contributed by atoms with Crippen molar-refractivity contribution < 1.29 is 4.74 Å². The standard InChI is InChI=1S/C18H24N2O/c1-4-10-19-17(13-15-8-5-7-14(2)12-15)16-9-6-11-20-18(16)21-3/h5-9,11-12,17,19H,4,10,13H2,1-3H3. The SMILES string of the molecule is CCCNC(Cc1cccc(C)c1)c1cccnc1OC. The van der Waals surface area contributed by atoms with Gasteiger partial charge in [-0.15, -0.1) is 0 Å². The van der Waals surface area contributed by atoms with Crippen molar-refractivity contribution in [3.8, 4) is 5.88 Å². The van der Waals surface area contributed by atoms with Crippen molar-refractivity contribution in [2.75, 3.05) is 13.7 Å². The summed E-state index contributed by atoms with van der Waals surface area (Å²) in [6.07, 6.45) is 3.81. The summed E-state index contributed by atoms with van der Waals surface area (Å²) in [7, 11) is 1.68. The molecule has 0 aliphatic heterocycles. The number of aryl methyl sites for hydroxylation is 1. The van der Waals surface area contributed by atoms with E-state index in [0.29, 0.717) is 5.88 Å². The second-order valence-corrected chi connectivity index (χ2v) is 5.30. The van der Waals surface area contributed by atoms with Crippen LogP contribution in [0, 0.1) is 6.92 Å². The number of hydrogen-bond donors (Lipinski definition) is 1. The molecule has 3 heteroatoms. The molecular formula is C18H24N2O. The van der Waals surface area contributed by atoms with E-state index < -0.39 is 0 Å². The second-order valence-electron chi connectivity index (χ2n) is 5.30. The Morgan fingerprint density at radius 3 is 2.81 bits per heavy atom. The van der Waals surface area contributed by atoms with Gasteiger partial charge in [0.2, 0.25) is 5.88 Å². The van der Waals surface area contributed by atoms with Crippen LogP contribution in [0.3, 0.4) is 0 Å². The van der Waals surface area contributed by atoms with E-state index in [0.717, 1.165) is 24.9 Å². The van der Waals surface area contributed by atoms with Gasteiger partial charge in [0.05, 0.1) is 7.11 Å². The first kappa shape index (κ1) is 15.5. The van der Waals surface area contributed by atoms with E-state index in [1.54, 1.807) is 13.3 Å². The average molecular weight is 284 g/mol. The first-order valence-corrected chi connectivity index (χ1v) is 7.52. The molecule has 1 unspecified atom stereocenters. The highest BCUT2D eigenvalue weighted by molar-refractivity contribution is 5.32. The zero-order valence-corrected chi connectivity index (χ0v) is 13.1. The zero-order valence-electron chi connectivity index (χ0n) is 13.1. The fraction of sp³-hybridized carbons (Fsp3) is 0.389. The van der Waals surface area contributed by atoms with Crippen molar-refractivity contribution in [1.29, 1.82) is 0 Å². The molecule has 0 aliphatic carbocycles. The Morgan fingerprint density at radius 1 is 1.24 bits per heavy atom. The van der Waals surface area contributed by atoms with Crippen LogP contribution in [0.2, 0.25) is 0 Å². The van der Waals surface area contributed by atoms with Gasteiger partial charge in [0.25, 0.3) is 0 Å². The molecule has 21 heavy (non-hydrogen) atoms. The third-order valence-electron chi connectivity index (χ3n) is 3.53. The van der Waals surface area contributed by atoms with Crippen LogP contribution in [0.25, 0.3) is 0 Å². The van der Waals surface area contributed by atoms with Crippen LogP contribution >= 0.6 is 0 Å². The quantitative estimate of drug-likeness (QED) is 0.842. The minimum atomic E-state index is 0.218. The third-order valence-corrected chi connectivity index (χ3v) is 3.53. The zero-order chi connectivity index (χ0) is 15.1. The van der Waals surface area contributed by atoms with Gasteiger partial charge in [-0.1, -0.05) is 42.8 Å². The van der Waals surface area contributed by atoms with Gasteiger partial charge in [0, 0.05) is 17.8 Å². The molecule has 0 saturated carbocycles. The highest BCUT2D eigenvalue weighted by Gasteiger charge is 2.16. The van der Waals surface area contributed by atoms with E-state index in [1.807, 2.05) is 6.07 Å². The van der Waals surface area contributed by atoms with Gasteiger partial charge in [0.1, 0.15) is 0 Å². The first-order valence-electron chi connectivity index (χ1n) is 7.52. The number of benzene rings is 1. The molecule has 0 amide bonds. The minimum absolute atomic E-state index is 0.218. The molecule has 1 atom stereocenters. The number of nitrogens with one attached hydrogen (secondary N) is 1. The normalized spacial score (nSPS) is 12.1. The molecule has 112 valence electrons. The van der Waals surface area contributed by atoms with Crippen LogP contribution < -0.4 is 10.1 Å². The van der Waals surface area contributed by atoms with Crippen molar-refractivity contribution in [2.45, 2.75) is 32.7 Å². The van der Waals surface area contributed by atoms with Crippen molar-refractivity contribution in [2.24, 2.45) is 0 Å². The molecule has 0 saturated heterocycles. The van der Waals surface area contributed by atoms with Crippen molar-refractivity contribution in [3.05, 3.63) is 59.3 Å². The minimum Gasteiger partial charge on any atom is -0.481 e. The Bertz CT molecular complexity index is 569. The fourth-order valence-corrected chi connectivity index (χ4v) is 2.52. The molecule has 0 radical (unpaired) electrons. The van der Waals surface area contributed by atoms with Crippen LogP contribution in [0.15, 0.2) is 42.6 Å². The van der Waals surface area contributed by atoms with Crippen molar-refractivity contribution >= 4 is 0 Å². The number of nitrogens with zero attached hydrogens (tertiary/aromatic N) is 1.